The van der Waals surface area contributed by atoms with Gasteiger partial charge in [0.1, 0.15) is 0 Å². The summed E-state index contributed by atoms with van der Waals surface area (Å²) in [6.45, 7) is 7.40. The summed E-state index contributed by atoms with van der Waals surface area (Å²) in [5.74, 6) is 0. The van der Waals surface area contributed by atoms with E-state index in [1.54, 1.807) is 0 Å². The Hall–Kier alpha value is -1.06. The van der Waals surface area contributed by atoms with Crippen molar-refractivity contribution in [3.63, 3.8) is 0 Å². The third kappa shape index (κ3) is 2.68. The lowest BCUT2D eigenvalue weighted by Crippen LogP contribution is -2.29. The number of benzene rings is 1. The van der Waals surface area contributed by atoms with Gasteiger partial charge in [0.2, 0.25) is 0 Å². The Bertz CT molecular complexity index is 419. The van der Waals surface area contributed by atoms with Gasteiger partial charge in [0, 0.05) is 38.5 Å². The first-order valence-electron chi connectivity index (χ1n) is 7.01. The third-order valence-corrected chi connectivity index (χ3v) is 3.83. The van der Waals surface area contributed by atoms with Gasteiger partial charge in [-0.05, 0) is 37.0 Å². The van der Waals surface area contributed by atoms with Gasteiger partial charge in [-0.15, -0.1) is 0 Å². The van der Waals surface area contributed by atoms with Crippen LogP contribution in [0, 0.1) is 0 Å². The Morgan fingerprint density at radius 1 is 1.44 bits per heavy atom. The molecule has 0 radical (unpaired) electrons. The van der Waals surface area contributed by atoms with Crippen molar-refractivity contribution in [1.29, 1.82) is 0 Å². The molecule has 18 heavy (non-hydrogen) atoms. The van der Waals surface area contributed by atoms with E-state index in [0.717, 1.165) is 39.2 Å². The zero-order chi connectivity index (χ0) is 12.4. The number of ether oxygens (including phenoxy) is 1. The molecule has 0 amide bonds. The average Bonchev–Trinajstić information content (AvgIpc) is 2.72. The second kappa shape index (κ2) is 5.29. The monoisotopic (exact) mass is 246 g/mol. The van der Waals surface area contributed by atoms with Gasteiger partial charge in [0.05, 0.1) is 6.10 Å². The van der Waals surface area contributed by atoms with Crippen LogP contribution in [0.5, 0.6) is 0 Å². The molecule has 0 spiro atoms. The summed E-state index contributed by atoms with van der Waals surface area (Å²) >= 11 is 0. The van der Waals surface area contributed by atoms with Gasteiger partial charge >= 0.3 is 0 Å². The van der Waals surface area contributed by atoms with Crippen molar-refractivity contribution in [3.8, 4) is 0 Å². The summed E-state index contributed by atoms with van der Waals surface area (Å²) in [6, 6.07) is 6.88. The quantitative estimate of drug-likeness (QED) is 0.866. The average molecular weight is 246 g/mol. The first kappa shape index (κ1) is 12.0. The molecule has 1 aromatic rings. The number of hydrogen-bond acceptors (Lipinski definition) is 3. The van der Waals surface area contributed by atoms with Crippen molar-refractivity contribution in [2.75, 3.05) is 31.6 Å². The van der Waals surface area contributed by atoms with Crippen LogP contribution in [-0.4, -0.2) is 37.2 Å². The summed E-state index contributed by atoms with van der Waals surface area (Å²) in [6.07, 6.45) is 2.68. The first-order valence-corrected chi connectivity index (χ1v) is 7.01. The summed E-state index contributed by atoms with van der Waals surface area (Å²) in [4.78, 5) is 2.51. The fourth-order valence-electron chi connectivity index (χ4n) is 2.92. The van der Waals surface area contributed by atoms with Crippen molar-refractivity contribution in [3.05, 3.63) is 29.3 Å². The molecule has 0 saturated carbocycles. The van der Waals surface area contributed by atoms with Gasteiger partial charge in [0.15, 0.2) is 0 Å². The second-order valence-electron chi connectivity index (χ2n) is 5.44. The normalized spacial score (nSPS) is 24.4. The van der Waals surface area contributed by atoms with Crippen LogP contribution in [-0.2, 0) is 17.7 Å². The summed E-state index contributed by atoms with van der Waals surface area (Å²) < 4.78 is 5.69. The van der Waals surface area contributed by atoms with E-state index in [1.165, 1.54) is 23.2 Å². The minimum absolute atomic E-state index is 0.361. The van der Waals surface area contributed by atoms with Crippen LogP contribution >= 0.6 is 0 Å². The van der Waals surface area contributed by atoms with Crippen LogP contribution in [0.1, 0.15) is 24.5 Å². The molecule has 0 bridgehead atoms. The van der Waals surface area contributed by atoms with Crippen molar-refractivity contribution >= 4 is 5.69 Å². The predicted octanol–water partition coefficient (Wildman–Crippen LogP) is 2.27. The standard InChI is InChI=1S/C15H22N2O/c1-12-10-17(7-2-8-18-12)11-13-3-4-14-5-6-16-15(14)9-13/h3-4,9,12,16H,2,5-8,10-11H2,1H3. The number of nitrogens with zero attached hydrogens (tertiary/aromatic N) is 1. The third-order valence-electron chi connectivity index (χ3n) is 3.83. The number of rotatable bonds is 2. The molecular formula is C15H22N2O. The lowest BCUT2D eigenvalue weighted by atomic mass is 10.1. The largest absolute Gasteiger partial charge is 0.384 e. The lowest BCUT2D eigenvalue weighted by molar-refractivity contribution is 0.0668. The molecule has 98 valence electrons. The van der Waals surface area contributed by atoms with Crippen LogP contribution < -0.4 is 5.32 Å². The first-order chi connectivity index (χ1) is 8.81. The summed E-state index contributed by atoms with van der Waals surface area (Å²) in [5, 5.41) is 3.46. The highest BCUT2D eigenvalue weighted by Gasteiger charge is 2.16. The Morgan fingerprint density at radius 3 is 3.33 bits per heavy atom. The molecule has 1 atom stereocenters. The smallest absolute Gasteiger partial charge is 0.0674 e. The van der Waals surface area contributed by atoms with Crippen LogP contribution in [0.4, 0.5) is 5.69 Å². The van der Waals surface area contributed by atoms with Crippen molar-refractivity contribution in [2.24, 2.45) is 0 Å². The molecule has 2 aliphatic heterocycles. The molecule has 1 saturated heterocycles. The number of hydrogen-bond donors (Lipinski definition) is 1. The van der Waals surface area contributed by atoms with Crippen LogP contribution in [0.3, 0.4) is 0 Å². The van der Waals surface area contributed by atoms with E-state index in [4.69, 9.17) is 4.74 Å². The Morgan fingerprint density at radius 2 is 2.39 bits per heavy atom. The minimum Gasteiger partial charge on any atom is -0.384 e. The molecule has 0 aliphatic carbocycles. The van der Waals surface area contributed by atoms with E-state index in [-0.39, 0.29) is 0 Å². The Labute approximate surface area is 109 Å². The maximum atomic E-state index is 5.69. The van der Waals surface area contributed by atoms with Crippen LogP contribution in [0.2, 0.25) is 0 Å². The zero-order valence-corrected chi connectivity index (χ0v) is 11.1. The molecule has 1 unspecified atom stereocenters. The molecule has 1 aromatic carbocycles. The van der Waals surface area contributed by atoms with E-state index in [1.807, 2.05) is 0 Å². The van der Waals surface area contributed by atoms with Crippen LogP contribution in [0.25, 0.3) is 0 Å². The van der Waals surface area contributed by atoms with Gasteiger partial charge in [0.25, 0.3) is 0 Å². The molecule has 3 heteroatoms. The maximum absolute atomic E-state index is 5.69. The van der Waals surface area contributed by atoms with Crippen LogP contribution in [0.15, 0.2) is 18.2 Å². The molecule has 3 nitrogen and oxygen atoms in total. The Kier molecular flexibility index (Phi) is 3.52. The topological polar surface area (TPSA) is 24.5 Å². The van der Waals surface area contributed by atoms with Crippen molar-refractivity contribution < 1.29 is 4.74 Å². The number of nitrogens with one attached hydrogen (secondary N) is 1. The van der Waals surface area contributed by atoms with E-state index in [0.29, 0.717) is 6.10 Å². The van der Waals surface area contributed by atoms with E-state index in [2.05, 4.69) is 35.3 Å². The summed E-state index contributed by atoms with van der Waals surface area (Å²) in [7, 11) is 0. The van der Waals surface area contributed by atoms with Gasteiger partial charge in [-0.25, -0.2) is 0 Å². The Balaban J connectivity index is 1.68. The highest BCUT2D eigenvalue weighted by molar-refractivity contribution is 5.56. The fourth-order valence-corrected chi connectivity index (χ4v) is 2.92. The number of fused-ring (bicyclic) bond motifs is 1. The molecule has 1 fully saturated rings. The molecule has 2 aliphatic rings. The van der Waals surface area contributed by atoms with Gasteiger partial charge < -0.3 is 10.1 Å². The summed E-state index contributed by atoms with van der Waals surface area (Å²) in [5.41, 5.74) is 4.22. The highest BCUT2D eigenvalue weighted by Crippen LogP contribution is 2.24. The van der Waals surface area contributed by atoms with E-state index < -0.39 is 0 Å². The second-order valence-corrected chi connectivity index (χ2v) is 5.44. The molecule has 0 aromatic heterocycles. The minimum atomic E-state index is 0.361. The zero-order valence-electron chi connectivity index (χ0n) is 11.1. The van der Waals surface area contributed by atoms with E-state index >= 15 is 0 Å². The SMILES string of the molecule is CC1CN(Cc2ccc3c(c2)NCC3)CCCO1. The highest BCUT2D eigenvalue weighted by atomic mass is 16.5. The van der Waals surface area contributed by atoms with Gasteiger partial charge in [-0.1, -0.05) is 12.1 Å². The van der Waals surface area contributed by atoms with E-state index in [9.17, 15) is 0 Å². The van der Waals surface area contributed by atoms with Gasteiger partial charge in [-0.2, -0.15) is 0 Å². The predicted molar refractivity (Wildman–Crippen MR) is 73.9 cm³/mol. The fraction of sp³-hybridized carbons (Fsp3) is 0.600. The molecule has 1 N–H and O–H groups in total. The molecular weight excluding hydrogens is 224 g/mol. The van der Waals surface area contributed by atoms with Crippen molar-refractivity contribution in [1.82, 2.24) is 4.90 Å². The van der Waals surface area contributed by atoms with Gasteiger partial charge in [-0.3, -0.25) is 4.90 Å². The number of anilines is 1. The molecule has 2 heterocycles. The maximum Gasteiger partial charge on any atom is 0.0674 e. The lowest BCUT2D eigenvalue weighted by Gasteiger charge is -2.22. The van der Waals surface area contributed by atoms with Crippen molar-refractivity contribution in [2.45, 2.75) is 32.4 Å². The molecule has 3 rings (SSSR count).